The molecule has 0 fully saturated rings. The minimum absolute atomic E-state index is 0.0171. The van der Waals surface area contributed by atoms with Crippen LogP contribution in [0, 0.1) is 0 Å². The molecule has 338 valence electrons. The van der Waals surface area contributed by atoms with Crippen LogP contribution in [0.5, 0.6) is 0 Å². The van der Waals surface area contributed by atoms with Crippen molar-refractivity contribution in [2.75, 3.05) is 24.6 Å². The quantitative estimate of drug-likeness (QED) is 0.0160. The highest BCUT2D eigenvalue weighted by Crippen LogP contribution is 2.13. The van der Waals surface area contributed by atoms with Crippen molar-refractivity contribution >= 4 is 83.1 Å². The first kappa shape index (κ1) is 49.5. The number of nitrogen functional groups attached to an aromatic ring is 1. The molecule has 6 amide bonds. The monoisotopic (exact) mass is 877 g/mol. The van der Waals surface area contributed by atoms with Gasteiger partial charge < -0.3 is 68.8 Å². The molecule has 0 saturated carbocycles. The van der Waals surface area contributed by atoms with Crippen molar-refractivity contribution in [3.05, 3.63) is 52.1 Å². The molecule has 5 atom stereocenters. The highest BCUT2D eigenvalue weighted by atomic mass is 16.2. The second-order valence-corrected chi connectivity index (χ2v) is 13.8. The smallest absolute Gasteiger partial charge is 0.280 e. The summed E-state index contributed by atoms with van der Waals surface area (Å²) in [6, 6.07) is -0.135. The summed E-state index contributed by atoms with van der Waals surface area (Å²) in [4.78, 5) is 143. The van der Waals surface area contributed by atoms with Crippen molar-refractivity contribution in [2.45, 2.75) is 88.6 Å². The summed E-state index contributed by atoms with van der Waals surface area (Å²) in [6.07, 6.45) is 1.49. The molecule has 0 bridgehead atoms. The summed E-state index contributed by atoms with van der Waals surface area (Å²) in [5, 5.41) is 17.7. The Bertz CT molecular complexity index is 2210. The average molecular weight is 878 g/mol. The van der Waals surface area contributed by atoms with Crippen LogP contribution in [0.4, 0.5) is 11.6 Å². The molecule has 0 saturated heterocycles. The number of nitrogens with two attached hydrogens (primary N) is 3. The van der Waals surface area contributed by atoms with Crippen molar-refractivity contribution < 1.29 is 43.2 Å². The molecule has 63 heavy (non-hydrogen) atoms. The topological polar surface area (TPSA) is 400 Å². The number of nitrogens with one attached hydrogen (secondary N) is 8. The maximum atomic E-state index is 13.5. The molecule has 25 nitrogen and oxygen atoms in total. The number of hydrogen-bond donors (Lipinski definition) is 11. The van der Waals surface area contributed by atoms with Crippen LogP contribution in [-0.4, -0.2) is 124 Å². The Morgan fingerprint density at radius 2 is 1.43 bits per heavy atom. The van der Waals surface area contributed by atoms with Crippen LogP contribution in [0.15, 0.2) is 40.2 Å². The van der Waals surface area contributed by atoms with E-state index in [0.29, 0.717) is 30.2 Å². The molecule has 0 unspecified atom stereocenters. The van der Waals surface area contributed by atoms with Gasteiger partial charge >= 0.3 is 0 Å². The van der Waals surface area contributed by atoms with E-state index in [-0.39, 0.29) is 80.2 Å². The van der Waals surface area contributed by atoms with E-state index < -0.39 is 77.6 Å². The summed E-state index contributed by atoms with van der Waals surface area (Å²) in [7, 11) is 1.32. The summed E-state index contributed by atoms with van der Waals surface area (Å²) in [5.41, 5.74) is 17.1. The lowest BCUT2D eigenvalue weighted by atomic mass is 10.1. The van der Waals surface area contributed by atoms with Crippen LogP contribution in [0.3, 0.4) is 0 Å². The number of guanidine groups is 1. The third-order valence-electron chi connectivity index (χ3n) is 9.08. The predicted octanol–water partition coefficient (Wildman–Crippen LogP) is -3.69. The van der Waals surface area contributed by atoms with E-state index in [2.05, 4.69) is 62.1 Å². The molecular formula is C38H51N15O10. The van der Waals surface area contributed by atoms with Gasteiger partial charge in [-0.3, -0.25) is 43.5 Å². The fourth-order valence-electron chi connectivity index (χ4n) is 5.74. The summed E-state index contributed by atoms with van der Waals surface area (Å²) < 4.78 is 0. The van der Waals surface area contributed by atoms with E-state index >= 15 is 0 Å². The number of hydrogen-bond acceptors (Lipinski definition) is 16. The molecule has 1 aromatic carbocycles. The van der Waals surface area contributed by atoms with Gasteiger partial charge in [0.05, 0.1) is 24.5 Å². The number of H-pyrrole nitrogens is 1. The zero-order valence-corrected chi connectivity index (χ0v) is 34.5. The van der Waals surface area contributed by atoms with Crippen molar-refractivity contribution in [3.8, 4) is 0 Å². The largest absolute Gasteiger partial charge is 0.379 e. The Labute approximate surface area is 359 Å². The van der Waals surface area contributed by atoms with Gasteiger partial charge in [-0.2, -0.15) is 4.98 Å². The first-order valence-corrected chi connectivity index (χ1v) is 19.6. The average Bonchev–Trinajstić information content (AvgIpc) is 3.26. The van der Waals surface area contributed by atoms with Gasteiger partial charge in [-0.05, 0) is 49.9 Å². The zero-order valence-electron chi connectivity index (χ0n) is 34.5. The number of carbonyl (C=O) groups is 9. The second-order valence-electron chi connectivity index (χ2n) is 13.8. The summed E-state index contributed by atoms with van der Waals surface area (Å²) >= 11 is 0. The zero-order chi connectivity index (χ0) is 46.5. The number of aldehydes is 3. The number of fused-ring (bicyclic) bond motifs is 1. The van der Waals surface area contributed by atoms with Gasteiger partial charge in [0.2, 0.25) is 35.5 Å². The lowest BCUT2D eigenvalue weighted by Crippen LogP contribution is -2.58. The van der Waals surface area contributed by atoms with Crippen LogP contribution in [0.1, 0.15) is 67.9 Å². The molecular weight excluding hydrogens is 827 g/mol. The van der Waals surface area contributed by atoms with Gasteiger partial charge in [0.15, 0.2) is 17.1 Å². The number of benzene rings is 1. The van der Waals surface area contributed by atoms with Crippen LogP contribution < -0.4 is 60.0 Å². The van der Waals surface area contributed by atoms with Crippen LogP contribution in [0.25, 0.3) is 11.2 Å². The van der Waals surface area contributed by atoms with Gasteiger partial charge in [-0.1, -0.05) is 6.92 Å². The van der Waals surface area contributed by atoms with Gasteiger partial charge in [-0.25, -0.2) is 9.97 Å². The van der Waals surface area contributed by atoms with E-state index in [9.17, 15) is 47.9 Å². The summed E-state index contributed by atoms with van der Waals surface area (Å²) in [6.45, 7) is 1.81. The Morgan fingerprint density at radius 1 is 0.810 bits per heavy atom. The summed E-state index contributed by atoms with van der Waals surface area (Å²) in [5.74, 6) is -4.84. The molecule has 14 N–H and O–H groups in total. The lowest BCUT2D eigenvalue weighted by molar-refractivity contribution is -0.135. The Kier molecular flexibility index (Phi) is 19.7. The van der Waals surface area contributed by atoms with Crippen molar-refractivity contribution in [1.82, 2.24) is 51.8 Å². The first-order valence-electron chi connectivity index (χ1n) is 19.6. The number of rotatable bonds is 26. The molecule has 2 heterocycles. The number of nitrogens with zero attached hydrogens (tertiary/aromatic N) is 4. The minimum Gasteiger partial charge on any atom is -0.379 e. The number of carbonyl (C=O) groups excluding carboxylic acids is 9. The van der Waals surface area contributed by atoms with Gasteiger partial charge in [0.1, 0.15) is 43.0 Å². The van der Waals surface area contributed by atoms with E-state index in [1.807, 2.05) is 0 Å². The van der Waals surface area contributed by atoms with Gasteiger partial charge in [0.25, 0.3) is 11.5 Å². The third kappa shape index (κ3) is 15.9. The van der Waals surface area contributed by atoms with E-state index in [0.717, 1.165) is 0 Å². The number of aliphatic imine (C=N–C) groups is 1. The number of aromatic nitrogens is 4. The fourth-order valence-corrected chi connectivity index (χ4v) is 5.74. The van der Waals surface area contributed by atoms with Crippen LogP contribution >= 0.6 is 0 Å². The van der Waals surface area contributed by atoms with Crippen LogP contribution in [-0.2, 0) is 44.9 Å². The number of aromatic amines is 1. The maximum absolute atomic E-state index is 13.5. The van der Waals surface area contributed by atoms with E-state index in [1.54, 1.807) is 19.1 Å². The second kappa shape index (κ2) is 25.0. The molecule has 0 radical (unpaired) electrons. The highest BCUT2D eigenvalue weighted by Gasteiger charge is 2.30. The fraction of sp³-hybridized carbons (Fsp3) is 0.421. The molecule has 0 aliphatic rings. The Morgan fingerprint density at radius 3 is 2.05 bits per heavy atom. The number of anilines is 2. The van der Waals surface area contributed by atoms with Gasteiger partial charge in [-0.15, -0.1) is 0 Å². The molecule has 3 rings (SSSR count). The van der Waals surface area contributed by atoms with Crippen molar-refractivity contribution in [3.63, 3.8) is 0 Å². The maximum Gasteiger partial charge on any atom is 0.280 e. The predicted molar refractivity (Wildman–Crippen MR) is 226 cm³/mol. The lowest BCUT2D eigenvalue weighted by Gasteiger charge is -2.25. The molecule has 0 aliphatic heterocycles. The molecule has 0 spiro atoms. The first-order chi connectivity index (χ1) is 30.1. The van der Waals surface area contributed by atoms with Crippen molar-refractivity contribution in [2.24, 2.45) is 16.5 Å². The molecule has 3 aromatic rings. The number of amides is 6. The van der Waals surface area contributed by atoms with Crippen LogP contribution in [0.2, 0.25) is 0 Å². The SMILES string of the molecule is CC[C@H](NC(=O)[C@H](CCCN=C(N)N)NC(=O)[C@H](CC=O)NC(=O)CC[C@@H](C=O)NC(=O)c1ccc(NCc2cnc3nc(N)[nH]c(=O)c3n2)cc1)C(=O)N[C@@H](CC=O)C(=O)NC. The van der Waals surface area contributed by atoms with E-state index in [4.69, 9.17) is 17.2 Å². The van der Waals surface area contributed by atoms with Gasteiger partial charge in [0, 0.05) is 44.1 Å². The Balaban J connectivity index is 1.58. The standard InChI is InChI=1S/C38H51N15O10/c1-3-24(33(60)51-26(12-15-54)32(59)42-2)49-34(61)25(5-4-14-43-37(39)40)50-35(62)27(13-16-55)48-28(57)11-10-22(19-56)47-31(58)20-6-8-21(9-7-20)44-17-23-18-45-30-29(46-23)36(63)53-38(41)52-30/h6-9,15-16,18-19,22,24-27,44H,3-5,10-14,17H2,1-2H3,(H,42,59)(H,47,58)(H,48,57)(H,49,61)(H,50,62)(H,51,60)(H4,39,40,43)(H3,41,45,52,53,63)/t22-,24-,25-,26-,27-/m0/s1. The molecule has 0 aliphatic carbocycles. The van der Waals surface area contributed by atoms with Crippen molar-refractivity contribution in [1.29, 1.82) is 0 Å². The minimum atomic E-state index is -1.46. The highest BCUT2D eigenvalue weighted by molar-refractivity contribution is 5.97. The normalized spacial score (nSPS) is 13.0. The molecule has 25 heteroatoms. The van der Waals surface area contributed by atoms with E-state index in [1.165, 1.54) is 25.4 Å². The third-order valence-corrected chi connectivity index (χ3v) is 9.08. The Hall–Kier alpha value is -7.86. The number of likely N-dealkylation sites (N-methyl/N-ethyl adjacent to an activating group) is 1. The molecule has 2 aromatic heterocycles.